The Bertz CT molecular complexity index is 740. The van der Waals surface area contributed by atoms with E-state index in [1.807, 2.05) is 12.3 Å². The molecule has 5 nitrogen and oxygen atoms in total. The molecule has 0 bridgehead atoms. The highest BCUT2D eigenvalue weighted by molar-refractivity contribution is 7.09. The number of fused-ring (bicyclic) bond motifs is 1. The topological polar surface area (TPSA) is 65.8 Å². The summed E-state index contributed by atoms with van der Waals surface area (Å²) < 4.78 is 0. The van der Waals surface area contributed by atoms with Crippen molar-refractivity contribution in [2.45, 2.75) is 32.0 Å². The maximum atomic E-state index is 12.7. The Hall–Kier alpha value is -1.21. The van der Waals surface area contributed by atoms with Crippen molar-refractivity contribution in [2.24, 2.45) is 4.99 Å². The number of aliphatic imine (C=N–C) groups is 1. The van der Waals surface area contributed by atoms with Crippen molar-refractivity contribution in [1.29, 1.82) is 0 Å². The zero-order valence-electron chi connectivity index (χ0n) is 11.9. The molecule has 2 heterocycles. The molecule has 0 fully saturated rings. The minimum atomic E-state index is -1.16. The zero-order chi connectivity index (χ0) is 16.1. The number of hydrogen-bond donors (Lipinski definition) is 1. The van der Waals surface area contributed by atoms with Gasteiger partial charge in [-0.05, 0) is 19.9 Å². The average Bonchev–Trinajstić information content (AvgIpc) is 2.85. The summed E-state index contributed by atoms with van der Waals surface area (Å²) in [4.78, 5) is 22.8. The number of amides is 1. The van der Waals surface area contributed by atoms with Gasteiger partial charge in [0.15, 0.2) is 0 Å². The molecule has 0 aromatic carbocycles. The normalized spacial score (nSPS) is 28.0. The van der Waals surface area contributed by atoms with Crippen molar-refractivity contribution in [1.82, 2.24) is 9.88 Å². The fourth-order valence-electron chi connectivity index (χ4n) is 2.53. The summed E-state index contributed by atoms with van der Waals surface area (Å²) in [6, 6.07) is 0. The SMILES string of the molecule is Cc1nc(CN2C=NC3(C)C(=C(Cl)C=C(Cl)C3O)C2=O)cs1. The van der Waals surface area contributed by atoms with Gasteiger partial charge in [-0.15, -0.1) is 11.3 Å². The Balaban J connectivity index is 1.98. The summed E-state index contributed by atoms with van der Waals surface area (Å²) in [5, 5.41) is 13.5. The lowest BCUT2D eigenvalue weighted by molar-refractivity contribution is -0.125. The van der Waals surface area contributed by atoms with Gasteiger partial charge < -0.3 is 5.11 Å². The van der Waals surface area contributed by atoms with Crippen LogP contribution in [0.1, 0.15) is 17.6 Å². The molecular formula is C14H13Cl2N3O2S. The maximum Gasteiger partial charge on any atom is 0.259 e. The highest BCUT2D eigenvalue weighted by atomic mass is 35.5. The lowest BCUT2D eigenvalue weighted by Gasteiger charge is -2.40. The highest BCUT2D eigenvalue weighted by Crippen LogP contribution is 2.41. The van der Waals surface area contributed by atoms with Gasteiger partial charge in [-0.3, -0.25) is 14.7 Å². The Morgan fingerprint density at radius 3 is 2.86 bits per heavy atom. The van der Waals surface area contributed by atoms with E-state index in [9.17, 15) is 9.90 Å². The Morgan fingerprint density at radius 1 is 1.50 bits per heavy atom. The minimum Gasteiger partial charge on any atom is -0.385 e. The predicted molar refractivity (Wildman–Crippen MR) is 87.1 cm³/mol. The number of aliphatic hydroxyl groups excluding tert-OH is 1. The van der Waals surface area contributed by atoms with Crippen molar-refractivity contribution in [3.8, 4) is 0 Å². The van der Waals surface area contributed by atoms with Crippen molar-refractivity contribution in [2.75, 3.05) is 0 Å². The third-order valence-electron chi connectivity index (χ3n) is 3.74. The summed E-state index contributed by atoms with van der Waals surface area (Å²) in [6.07, 6.45) is 1.73. The van der Waals surface area contributed by atoms with E-state index in [0.717, 1.165) is 10.7 Å². The van der Waals surface area contributed by atoms with Gasteiger partial charge in [-0.25, -0.2) is 4.98 Å². The van der Waals surface area contributed by atoms with Crippen molar-refractivity contribution < 1.29 is 9.90 Å². The number of aryl methyl sites for hydroxylation is 1. The van der Waals surface area contributed by atoms with Crippen molar-refractivity contribution in [3.05, 3.63) is 37.8 Å². The van der Waals surface area contributed by atoms with Crippen LogP contribution >= 0.6 is 34.5 Å². The van der Waals surface area contributed by atoms with Gasteiger partial charge in [-0.2, -0.15) is 0 Å². The van der Waals surface area contributed by atoms with Gasteiger partial charge in [0.05, 0.1) is 39.2 Å². The summed E-state index contributed by atoms with van der Waals surface area (Å²) in [5.41, 5.74) is -0.123. The van der Waals surface area contributed by atoms with Crippen LogP contribution in [-0.4, -0.2) is 38.9 Å². The lowest BCUT2D eigenvalue weighted by atomic mass is 9.81. The molecule has 0 radical (unpaired) electrons. The monoisotopic (exact) mass is 357 g/mol. The fourth-order valence-corrected chi connectivity index (χ4v) is 3.90. The van der Waals surface area contributed by atoms with E-state index in [4.69, 9.17) is 23.2 Å². The zero-order valence-corrected chi connectivity index (χ0v) is 14.2. The molecule has 2 atom stereocenters. The molecule has 2 unspecified atom stereocenters. The van der Waals surface area contributed by atoms with Crippen LogP contribution in [-0.2, 0) is 11.3 Å². The van der Waals surface area contributed by atoms with E-state index >= 15 is 0 Å². The number of thiazole rings is 1. The first-order valence-electron chi connectivity index (χ1n) is 6.55. The maximum absolute atomic E-state index is 12.7. The number of allylic oxidation sites excluding steroid dienone is 2. The highest BCUT2D eigenvalue weighted by Gasteiger charge is 2.48. The molecule has 0 saturated carbocycles. The number of carbonyl (C=O) groups excluding carboxylic acids is 1. The summed E-state index contributed by atoms with van der Waals surface area (Å²) >= 11 is 13.7. The van der Waals surface area contributed by atoms with E-state index in [2.05, 4.69) is 9.98 Å². The minimum absolute atomic E-state index is 0.171. The summed E-state index contributed by atoms with van der Waals surface area (Å²) in [5.74, 6) is -0.299. The van der Waals surface area contributed by atoms with Crippen LogP contribution in [0.4, 0.5) is 0 Å². The van der Waals surface area contributed by atoms with E-state index in [-0.39, 0.29) is 21.5 Å². The molecule has 1 aliphatic carbocycles. The van der Waals surface area contributed by atoms with Gasteiger partial charge in [0.1, 0.15) is 11.6 Å². The average molecular weight is 358 g/mol. The number of halogens is 2. The Labute approximate surface area is 141 Å². The van der Waals surface area contributed by atoms with E-state index in [0.29, 0.717) is 6.54 Å². The first kappa shape index (κ1) is 15.7. The first-order valence-corrected chi connectivity index (χ1v) is 8.19. The Morgan fingerprint density at radius 2 is 2.23 bits per heavy atom. The lowest BCUT2D eigenvalue weighted by Crippen LogP contribution is -2.52. The van der Waals surface area contributed by atoms with Crippen LogP contribution in [0.25, 0.3) is 0 Å². The fraction of sp³-hybridized carbons (Fsp3) is 0.357. The molecule has 0 spiro atoms. The predicted octanol–water partition coefficient (Wildman–Crippen LogP) is 2.57. The second-order valence-corrected chi connectivity index (χ2v) is 7.24. The molecule has 1 aromatic rings. The van der Waals surface area contributed by atoms with Gasteiger partial charge in [0.2, 0.25) is 0 Å². The van der Waals surface area contributed by atoms with E-state index in [1.54, 1.807) is 6.92 Å². The largest absolute Gasteiger partial charge is 0.385 e. The second kappa shape index (κ2) is 5.45. The van der Waals surface area contributed by atoms with Gasteiger partial charge >= 0.3 is 0 Å². The smallest absolute Gasteiger partial charge is 0.259 e. The van der Waals surface area contributed by atoms with Crippen LogP contribution in [0.2, 0.25) is 0 Å². The Kier molecular flexibility index (Phi) is 3.89. The molecule has 1 amide bonds. The number of carbonyl (C=O) groups is 1. The summed E-state index contributed by atoms with van der Waals surface area (Å²) in [7, 11) is 0. The first-order chi connectivity index (χ1) is 10.3. The van der Waals surface area contributed by atoms with E-state index in [1.165, 1.54) is 28.7 Å². The number of aromatic nitrogens is 1. The van der Waals surface area contributed by atoms with Crippen molar-refractivity contribution >= 4 is 46.8 Å². The number of nitrogens with zero attached hydrogens (tertiary/aromatic N) is 3. The summed E-state index contributed by atoms with van der Waals surface area (Å²) in [6.45, 7) is 3.86. The molecule has 22 heavy (non-hydrogen) atoms. The van der Waals surface area contributed by atoms with Crippen LogP contribution in [0, 0.1) is 6.92 Å². The van der Waals surface area contributed by atoms with Crippen LogP contribution in [0.3, 0.4) is 0 Å². The molecule has 0 saturated heterocycles. The molecule has 1 N–H and O–H groups in total. The van der Waals surface area contributed by atoms with Gasteiger partial charge in [0.25, 0.3) is 5.91 Å². The standard InChI is InChI=1S/C14H13Cl2N3O2S/c1-7-18-8(5-22-7)4-19-6-17-14(2)11(13(19)21)9(15)3-10(16)12(14)20/h3,5-6,12,20H,4H2,1-2H3. The molecule has 3 rings (SSSR count). The van der Waals surface area contributed by atoms with Crippen LogP contribution < -0.4 is 0 Å². The van der Waals surface area contributed by atoms with Gasteiger partial charge in [0, 0.05) is 5.38 Å². The number of rotatable bonds is 2. The molecule has 116 valence electrons. The van der Waals surface area contributed by atoms with Gasteiger partial charge in [-0.1, -0.05) is 23.2 Å². The molecule has 8 heteroatoms. The quantitative estimate of drug-likeness (QED) is 0.884. The number of hydrogen-bond acceptors (Lipinski definition) is 5. The van der Waals surface area contributed by atoms with Crippen LogP contribution in [0.5, 0.6) is 0 Å². The molecule has 1 aliphatic heterocycles. The third-order valence-corrected chi connectivity index (χ3v) is 5.18. The van der Waals surface area contributed by atoms with Crippen LogP contribution in [0.15, 0.2) is 32.1 Å². The van der Waals surface area contributed by atoms with E-state index < -0.39 is 11.6 Å². The molecule has 2 aliphatic rings. The second-order valence-electron chi connectivity index (χ2n) is 5.34. The molecular weight excluding hydrogens is 345 g/mol. The third kappa shape index (κ3) is 2.40. The number of aliphatic hydroxyl groups is 1. The van der Waals surface area contributed by atoms with Crippen molar-refractivity contribution in [3.63, 3.8) is 0 Å². The molecule has 1 aromatic heterocycles.